The van der Waals surface area contributed by atoms with Gasteiger partial charge in [0.1, 0.15) is 16.4 Å². The highest BCUT2D eigenvalue weighted by Crippen LogP contribution is 2.31. The number of hydrogen-bond acceptors (Lipinski definition) is 5. The molecular weight excluding hydrogens is 366 g/mol. The van der Waals surface area contributed by atoms with Crippen molar-refractivity contribution in [3.63, 3.8) is 0 Å². The first kappa shape index (κ1) is 17.2. The highest BCUT2D eigenvalue weighted by molar-refractivity contribution is 7.92. The molecule has 2 N–H and O–H groups in total. The molecule has 0 fully saturated rings. The van der Waals surface area contributed by atoms with Gasteiger partial charge < -0.3 is 14.5 Å². The number of fused-ring (bicyclic) bond motifs is 3. The molecule has 2 aromatic heterocycles. The lowest BCUT2D eigenvalue weighted by Gasteiger charge is -2.13. The van der Waals surface area contributed by atoms with Crippen LogP contribution >= 0.6 is 0 Å². The van der Waals surface area contributed by atoms with Gasteiger partial charge in [0, 0.05) is 46.0 Å². The van der Waals surface area contributed by atoms with Crippen LogP contribution in [0, 0.1) is 0 Å². The zero-order valence-electron chi connectivity index (χ0n) is 14.7. The van der Waals surface area contributed by atoms with Gasteiger partial charge in [-0.15, -0.1) is 0 Å². The lowest BCUT2D eigenvalue weighted by Crippen LogP contribution is -2.14. The lowest BCUT2D eigenvalue weighted by atomic mass is 10.2. The minimum absolute atomic E-state index is 0.00467. The number of benzene rings is 2. The maximum Gasteiger partial charge on any atom is 0.265 e. The zero-order chi connectivity index (χ0) is 19.0. The number of sulfonamides is 1. The van der Waals surface area contributed by atoms with Crippen LogP contribution in [0.15, 0.2) is 59.8 Å². The third kappa shape index (κ3) is 3.04. The van der Waals surface area contributed by atoms with Gasteiger partial charge in [0.25, 0.3) is 10.0 Å². The number of anilines is 1. The molecule has 0 amide bonds. The SMILES string of the molecule is COc1ccc(OC)c(S(=O)(=O)Nc2ccc3[nH]c4ccncc4c3c2)c1. The van der Waals surface area contributed by atoms with E-state index < -0.39 is 10.0 Å². The van der Waals surface area contributed by atoms with E-state index in [4.69, 9.17) is 9.47 Å². The van der Waals surface area contributed by atoms with Crippen molar-refractivity contribution in [1.82, 2.24) is 9.97 Å². The number of aromatic amines is 1. The second-order valence-electron chi connectivity index (χ2n) is 5.93. The number of rotatable bonds is 5. The summed E-state index contributed by atoms with van der Waals surface area (Å²) in [6, 6.07) is 11.8. The van der Waals surface area contributed by atoms with Crippen molar-refractivity contribution in [1.29, 1.82) is 0 Å². The largest absolute Gasteiger partial charge is 0.497 e. The van der Waals surface area contributed by atoms with Crippen LogP contribution in [0.1, 0.15) is 0 Å². The molecule has 2 aromatic carbocycles. The Bertz CT molecular complexity index is 1250. The maximum atomic E-state index is 12.9. The van der Waals surface area contributed by atoms with Crippen molar-refractivity contribution < 1.29 is 17.9 Å². The fraction of sp³-hybridized carbons (Fsp3) is 0.105. The summed E-state index contributed by atoms with van der Waals surface area (Å²) in [6.45, 7) is 0. The minimum atomic E-state index is -3.87. The first-order chi connectivity index (χ1) is 13.0. The molecule has 4 rings (SSSR count). The van der Waals surface area contributed by atoms with E-state index in [-0.39, 0.29) is 10.6 Å². The molecule has 4 aromatic rings. The molecule has 0 bridgehead atoms. The van der Waals surface area contributed by atoms with Gasteiger partial charge in [0.05, 0.1) is 14.2 Å². The fourth-order valence-corrected chi connectivity index (χ4v) is 4.24. The predicted octanol–water partition coefficient (Wildman–Crippen LogP) is 3.53. The highest BCUT2D eigenvalue weighted by Gasteiger charge is 2.21. The average Bonchev–Trinajstić information content (AvgIpc) is 3.05. The van der Waals surface area contributed by atoms with Crippen molar-refractivity contribution in [2.75, 3.05) is 18.9 Å². The summed E-state index contributed by atoms with van der Waals surface area (Å²) in [4.78, 5) is 7.42. The fourth-order valence-electron chi connectivity index (χ4n) is 3.01. The summed E-state index contributed by atoms with van der Waals surface area (Å²) in [5.74, 6) is 0.662. The number of aromatic nitrogens is 2. The van der Waals surface area contributed by atoms with E-state index in [1.165, 1.54) is 20.3 Å². The Morgan fingerprint density at radius 1 is 0.963 bits per heavy atom. The number of methoxy groups -OCH3 is 2. The van der Waals surface area contributed by atoms with Crippen molar-refractivity contribution in [2.24, 2.45) is 0 Å². The molecule has 138 valence electrons. The molecule has 8 heteroatoms. The van der Waals surface area contributed by atoms with Gasteiger partial charge in [-0.1, -0.05) is 0 Å². The van der Waals surface area contributed by atoms with Gasteiger partial charge in [0.2, 0.25) is 0 Å². The first-order valence-electron chi connectivity index (χ1n) is 8.12. The van der Waals surface area contributed by atoms with Crippen LogP contribution in [-0.4, -0.2) is 32.6 Å². The molecular formula is C19H17N3O4S. The van der Waals surface area contributed by atoms with Gasteiger partial charge in [-0.25, -0.2) is 8.42 Å². The smallest absolute Gasteiger partial charge is 0.265 e. The summed E-state index contributed by atoms with van der Waals surface area (Å²) in [5, 5.41) is 1.81. The van der Waals surface area contributed by atoms with Crippen LogP contribution in [0.5, 0.6) is 11.5 Å². The van der Waals surface area contributed by atoms with Crippen LogP contribution in [0.4, 0.5) is 5.69 Å². The van der Waals surface area contributed by atoms with Crippen molar-refractivity contribution in [2.45, 2.75) is 4.90 Å². The lowest BCUT2D eigenvalue weighted by molar-refractivity contribution is 0.392. The van der Waals surface area contributed by atoms with Crippen LogP contribution in [0.2, 0.25) is 0 Å². The Morgan fingerprint density at radius 2 is 1.78 bits per heavy atom. The second kappa shape index (κ2) is 6.48. The quantitative estimate of drug-likeness (QED) is 0.550. The predicted molar refractivity (Wildman–Crippen MR) is 104 cm³/mol. The summed E-state index contributed by atoms with van der Waals surface area (Å²) < 4.78 is 38.8. The number of pyridine rings is 1. The van der Waals surface area contributed by atoms with E-state index in [2.05, 4.69) is 14.7 Å². The summed E-state index contributed by atoms with van der Waals surface area (Å²) >= 11 is 0. The second-order valence-corrected chi connectivity index (χ2v) is 7.58. The number of hydrogen-bond donors (Lipinski definition) is 2. The van der Waals surface area contributed by atoms with E-state index in [1.54, 1.807) is 36.7 Å². The number of nitrogens with zero attached hydrogens (tertiary/aromatic N) is 1. The van der Waals surface area contributed by atoms with Gasteiger partial charge in [-0.2, -0.15) is 0 Å². The van der Waals surface area contributed by atoms with Gasteiger partial charge in [-0.05, 0) is 36.4 Å². The Balaban J connectivity index is 1.78. The van der Waals surface area contributed by atoms with E-state index in [9.17, 15) is 8.42 Å². The number of nitrogens with one attached hydrogen (secondary N) is 2. The topological polar surface area (TPSA) is 93.3 Å². The minimum Gasteiger partial charge on any atom is -0.497 e. The molecule has 0 spiro atoms. The number of H-pyrrole nitrogens is 1. The molecule has 0 aliphatic carbocycles. The first-order valence-corrected chi connectivity index (χ1v) is 9.60. The molecule has 7 nitrogen and oxygen atoms in total. The molecule has 0 aliphatic heterocycles. The molecule has 0 atom stereocenters. The third-order valence-corrected chi connectivity index (χ3v) is 5.72. The Morgan fingerprint density at radius 3 is 2.56 bits per heavy atom. The standard InChI is InChI=1S/C19H17N3O4S/c1-25-13-4-6-18(26-2)19(10-13)27(23,24)22-12-3-5-16-14(9-12)15-11-20-8-7-17(15)21-16/h3-11,21-22H,1-2H3. The van der Waals surface area contributed by atoms with Crippen molar-refractivity contribution in [3.05, 3.63) is 54.9 Å². The summed E-state index contributed by atoms with van der Waals surface area (Å²) in [6.07, 6.45) is 3.45. The molecule has 2 heterocycles. The van der Waals surface area contributed by atoms with Gasteiger partial charge in [0.15, 0.2) is 0 Å². The monoisotopic (exact) mass is 383 g/mol. The van der Waals surface area contributed by atoms with Crippen molar-refractivity contribution in [3.8, 4) is 11.5 Å². The number of ether oxygens (including phenoxy) is 2. The van der Waals surface area contributed by atoms with Gasteiger partial charge >= 0.3 is 0 Å². The van der Waals surface area contributed by atoms with E-state index in [0.29, 0.717) is 11.4 Å². The molecule has 0 saturated heterocycles. The molecule has 0 aliphatic rings. The highest BCUT2D eigenvalue weighted by atomic mass is 32.2. The van der Waals surface area contributed by atoms with Crippen LogP contribution in [0.3, 0.4) is 0 Å². The zero-order valence-corrected chi connectivity index (χ0v) is 15.5. The average molecular weight is 383 g/mol. The summed E-state index contributed by atoms with van der Waals surface area (Å²) in [7, 11) is -0.975. The van der Waals surface area contributed by atoms with Crippen molar-refractivity contribution >= 4 is 37.5 Å². The Labute approximate surface area is 156 Å². The van der Waals surface area contributed by atoms with Crippen LogP contribution in [-0.2, 0) is 10.0 Å². The van der Waals surface area contributed by atoms with E-state index in [0.717, 1.165) is 21.8 Å². The van der Waals surface area contributed by atoms with E-state index >= 15 is 0 Å². The Hall–Kier alpha value is -3.26. The third-order valence-electron chi connectivity index (χ3n) is 4.31. The van der Waals surface area contributed by atoms with Crippen LogP contribution in [0.25, 0.3) is 21.8 Å². The normalized spacial score (nSPS) is 11.6. The molecule has 27 heavy (non-hydrogen) atoms. The van der Waals surface area contributed by atoms with Crippen LogP contribution < -0.4 is 14.2 Å². The van der Waals surface area contributed by atoms with E-state index in [1.807, 2.05) is 12.1 Å². The summed E-state index contributed by atoms with van der Waals surface area (Å²) in [5.41, 5.74) is 2.28. The Kier molecular flexibility index (Phi) is 4.12. The maximum absolute atomic E-state index is 12.9. The molecule has 0 radical (unpaired) electrons. The van der Waals surface area contributed by atoms with Gasteiger partial charge in [-0.3, -0.25) is 9.71 Å². The molecule has 0 saturated carbocycles. The molecule has 0 unspecified atom stereocenters.